The van der Waals surface area contributed by atoms with Gasteiger partial charge >= 0.3 is 7.25 Å². The third-order valence-electron chi connectivity index (χ3n) is 3.22. The molecule has 25 heavy (non-hydrogen) atoms. The van der Waals surface area contributed by atoms with Crippen LogP contribution in [0, 0.1) is 0 Å². The predicted molar refractivity (Wildman–Crippen MR) is 93.9 cm³/mol. The van der Waals surface area contributed by atoms with Crippen molar-refractivity contribution in [3.63, 3.8) is 0 Å². The summed E-state index contributed by atoms with van der Waals surface area (Å²) in [5.41, 5.74) is 3.13. The Labute approximate surface area is 152 Å². The van der Waals surface area contributed by atoms with Gasteiger partial charge in [0, 0.05) is 15.4 Å². The number of benzene rings is 2. The van der Waals surface area contributed by atoms with Gasteiger partial charge in [0.05, 0.1) is 10.5 Å². The second kappa shape index (κ2) is 7.05. The Balaban J connectivity index is 0.000000324. The summed E-state index contributed by atoms with van der Waals surface area (Å²) in [5.74, 6) is 0. The van der Waals surface area contributed by atoms with E-state index in [2.05, 4.69) is 49.8 Å². The van der Waals surface area contributed by atoms with Gasteiger partial charge in [0.1, 0.15) is 5.21 Å². The van der Waals surface area contributed by atoms with E-state index >= 15 is 0 Å². The van der Waals surface area contributed by atoms with Crippen LogP contribution in [-0.2, 0) is 0 Å². The first-order valence-corrected chi connectivity index (χ1v) is 8.68. The molecule has 2 aromatic carbocycles. The Morgan fingerprint density at radius 1 is 0.960 bits per heavy atom. The Hall–Kier alpha value is -2.07. The van der Waals surface area contributed by atoms with Gasteiger partial charge in [0.2, 0.25) is 10.3 Å². The van der Waals surface area contributed by atoms with Crippen LogP contribution >= 0.6 is 27.3 Å². The van der Waals surface area contributed by atoms with Crippen molar-refractivity contribution in [1.82, 2.24) is 10.3 Å². The van der Waals surface area contributed by atoms with Crippen molar-refractivity contribution >= 4 is 50.3 Å². The number of thiazole rings is 1. The van der Waals surface area contributed by atoms with E-state index < -0.39 is 7.25 Å². The maximum atomic E-state index is 9.75. The van der Waals surface area contributed by atoms with E-state index in [0.29, 0.717) is 0 Å². The van der Waals surface area contributed by atoms with Crippen LogP contribution in [0.2, 0.25) is 0 Å². The van der Waals surface area contributed by atoms with E-state index in [4.69, 9.17) is 0 Å². The number of hydrogen-bond donors (Lipinski definition) is 0. The summed E-state index contributed by atoms with van der Waals surface area (Å²) in [7, 11) is -6.00. The highest BCUT2D eigenvalue weighted by molar-refractivity contribution is 9.10. The van der Waals surface area contributed by atoms with Crippen LogP contribution in [0.3, 0.4) is 0 Å². The molecule has 2 aromatic heterocycles. The van der Waals surface area contributed by atoms with Gasteiger partial charge in [-0.2, -0.15) is 0 Å². The first kappa shape index (κ1) is 17.7. The molecule has 2 heterocycles. The maximum absolute atomic E-state index is 9.75. The van der Waals surface area contributed by atoms with E-state index in [1.54, 1.807) is 11.3 Å². The molecular weight excluding hydrogens is 421 g/mol. The molecule has 0 fully saturated rings. The molecule has 128 valence electrons. The zero-order valence-corrected chi connectivity index (χ0v) is 14.8. The van der Waals surface area contributed by atoms with Crippen molar-refractivity contribution < 1.29 is 21.8 Å². The van der Waals surface area contributed by atoms with E-state index in [1.165, 1.54) is 0 Å². The molecule has 0 N–H and O–H groups in total. The average Bonchev–Trinajstić information content (AvgIpc) is 2.98. The lowest BCUT2D eigenvalue weighted by molar-refractivity contribution is -0.570. The highest BCUT2D eigenvalue weighted by Gasteiger charge is 2.20. The van der Waals surface area contributed by atoms with E-state index in [1.807, 2.05) is 34.8 Å². The normalized spacial score (nSPS) is 11.4. The first-order chi connectivity index (χ1) is 11.8. The van der Waals surface area contributed by atoms with Gasteiger partial charge in [-0.1, -0.05) is 43.9 Å². The second-order valence-corrected chi connectivity index (χ2v) is 6.72. The topological polar surface area (TPSA) is 29.9 Å². The largest absolute Gasteiger partial charge is 0.673 e. The maximum Gasteiger partial charge on any atom is 0.673 e. The number of rotatable bonds is 1. The highest BCUT2D eigenvalue weighted by Crippen LogP contribution is 2.25. The number of nitrogens with zero attached hydrogens (tertiary/aromatic N) is 3. The fraction of sp³-hybridized carbons (Fsp3) is 0. The summed E-state index contributed by atoms with van der Waals surface area (Å²) in [6.45, 7) is 0. The van der Waals surface area contributed by atoms with Crippen LogP contribution < -0.4 is 4.52 Å². The minimum Gasteiger partial charge on any atom is -0.418 e. The number of halogens is 5. The van der Waals surface area contributed by atoms with Crippen LogP contribution in [0.1, 0.15) is 0 Å². The molecule has 0 atom stereocenters. The molecule has 4 rings (SSSR count). The second-order valence-electron chi connectivity index (χ2n) is 4.95. The van der Waals surface area contributed by atoms with Crippen molar-refractivity contribution in [2.24, 2.45) is 0 Å². The summed E-state index contributed by atoms with van der Waals surface area (Å²) in [6, 6.07) is 16.3. The van der Waals surface area contributed by atoms with Crippen LogP contribution in [-0.4, -0.2) is 17.6 Å². The van der Waals surface area contributed by atoms with Gasteiger partial charge in [-0.15, -0.1) is 0 Å². The summed E-state index contributed by atoms with van der Waals surface area (Å²) >= 11 is 5.15. The van der Waals surface area contributed by atoms with Crippen LogP contribution in [0.15, 0.2) is 58.4 Å². The molecule has 0 saturated carbocycles. The van der Waals surface area contributed by atoms with Gasteiger partial charge in [0.25, 0.3) is 0 Å². The standard InChI is InChI=1S/C15H9BrN3S.BF4/c16-11-7-5-10(6-8-11)14-9-20-15-12-3-1-2-4-13(12)17-18-19(14)15;2-1(3,4)5/h1-9H;/q+1;-1. The van der Waals surface area contributed by atoms with Crippen LogP contribution in [0.5, 0.6) is 0 Å². The quantitative estimate of drug-likeness (QED) is 0.237. The monoisotopic (exact) mass is 429 g/mol. The molecule has 0 aliphatic rings. The third kappa shape index (κ3) is 4.32. The van der Waals surface area contributed by atoms with E-state index in [9.17, 15) is 17.3 Å². The fourth-order valence-corrected chi connectivity index (χ4v) is 3.49. The minimum atomic E-state index is -6.00. The lowest BCUT2D eigenvalue weighted by Gasteiger charge is -1.96. The third-order valence-corrected chi connectivity index (χ3v) is 4.70. The Kier molecular flexibility index (Phi) is 5.00. The van der Waals surface area contributed by atoms with Crippen molar-refractivity contribution in [3.8, 4) is 11.3 Å². The number of fused-ring (bicyclic) bond motifs is 3. The number of aromatic nitrogens is 3. The van der Waals surface area contributed by atoms with Gasteiger partial charge in [-0.3, -0.25) is 0 Å². The lowest BCUT2D eigenvalue weighted by atomic mass is 10.2. The smallest absolute Gasteiger partial charge is 0.418 e. The lowest BCUT2D eigenvalue weighted by Crippen LogP contribution is -2.27. The fourth-order valence-electron chi connectivity index (χ4n) is 2.23. The van der Waals surface area contributed by atoms with E-state index in [0.717, 1.165) is 31.5 Å². The van der Waals surface area contributed by atoms with Crippen molar-refractivity contribution in [2.45, 2.75) is 0 Å². The molecule has 0 bridgehead atoms. The highest BCUT2D eigenvalue weighted by atomic mass is 79.9. The number of hydrogen-bond acceptors (Lipinski definition) is 3. The SMILES string of the molecule is Brc1ccc(-c2csc3c4ccccc4nn[n+]23)cc1.F[B-](F)(F)F. The summed E-state index contributed by atoms with van der Waals surface area (Å²) in [5, 5.41) is 11.9. The Morgan fingerprint density at radius 2 is 1.60 bits per heavy atom. The van der Waals surface area contributed by atoms with E-state index in [-0.39, 0.29) is 0 Å². The predicted octanol–water partition coefficient (Wildman–Crippen LogP) is 5.16. The molecule has 0 spiro atoms. The molecule has 0 saturated heterocycles. The van der Waals surface area contributed by atoms with Gasteiger partial charge in [0.15, 0.2) is 5.69 Å². The van der Waals surface area contributed by atoms with Crippen molar-refractivity contribution in [3.05, 3.63) is 58.4 Å². The molecule has 3 nitrogen and oxygen atoms in total. The molecular formula is C15H9BBrF4N3S. The molecule has 0 radical (unpaired) electrons. The Bertz CT molecular complexity index is 1010. The first-order valence-electron chi connectivity index (χ1n) is 7.01. The van der Waals surface area contributed by atoms with Crippen molar-refractivity contribution in [1.29, 1.82) is 0 Å². The molecule has 0 unspecified atom stereocenters. The van der Waals surface area contributed by atoms with Crippen LogP contribution in [0.4, 0.5) is 17.3 Å². The van der Waals surface area contributed by atoms with Gasteiger partial charge < -0.3 is 17.3 Å². The molecule has 0 aliphatic heterocycles. The summed E-state index contributed by atoms with van der Waals surface area (Å²) in [4.78, 5) is 1.12. The molecule has 4 aromatic rings. The summed E-state index contributed by atoms with van der Waals surface area (Å²) < 4.78 is 42.0. The Morgan fingerprint density at radius 3 is 2.28 bits per heavy atom. The molecule has 0 amide bonds. The van der Waals surface area contributed by atoms with Crippen molar-refractivity contribution in [2.75, 3.05) is 0 Å². The zero-order chi connectivity index (χ0) is 18.0. The zero-order valence-electron chi connectivity index (χ0n) is 12.4. The van der Waals surface area contributed by atoms with Gasteiger partial charge in [-0.05, 0) is 36.4 Å². The van der Waals surface area contributed by atoms with Crippen LogP contribution in [0.25, 0.3) is 27.0 Å². The molecule has 10 heteroatoms. The minimum absolute atomic E-state index is 0.928. The van der Waals surface area contributed by atoms with Gasteiger partial charge in [-0.25, -0.2) is 0 Å². The summed E-state index contributed by atoms with van der Waals surface area (Å²) in [6.07, 6.45) is 0. The average molecular weight is 430 g/mol. The molecule has 0 aliphatic carbocycles.